The van der Waals surface area contributed by atoms with Crippen molar-refractivity contribution in [1.82, 2.24) is 5.32 Å². The zero-order chi connectivity index (χ0) is 13.1. The Morgan fingerprint density at radius 1 is 1.44 bits per heavy atom. The van der Waals surface area contributed by atoms with Gasteiger partial charge in [-0.2, -0.15) is 0 Å². The van der Waals surface area contributed by atoms with Crippen LogP contribution in [0, 0.1) is 11.7 Å². The van der Waals surface area contributed by atoms with Gasteiger partial charge in [-0.15, -0.1) is 0 Å². The zero-order valence-electron chi connectivity index (χ0n) is 10.6. The highest BCUT2D eigenvalue weighted by Crippen LogP contribution is 2.27. The monoisotopic (exact) mass is 250 g/mol. The first-order chi connectivity index (χ1) is 8.58. The molecule has 1 saturated carbocycles. The minimum atomic E-state index is -0.423. The summed E-state index contributed by atoms with van der Waals surface area (Å²) in [7, 11) is 0. The molecule has 4 heteroatoms. The Morgan fingerprint density at radius 3 is 2.72 bits per heavy atom. The van der Waals surface area contributed by atoms with E-state index in [9.17, 15) is 9.18 Å². The van der Waals surface area contributed by atoms with Crippen LogP contribution in [0.15, 0.2) is 18.2 Å². The number of carbonyl (C=O) groups is 1. The molecule has 1 aromatic carbocycles. The van der Waals surface area contributed by atoms with Crippen LogP contribution in [-0.2, 0) is 0 Å². The van der Waals surface area contributed by atoms with Crippen LogP contribution in [0.3, 0.4) is 0 Å². The number of hydrogen-bond donors (Lipinski definition) is 2. The number of hydrogen-bond acceptors (Lipinski definition) is 2. The summed E-state index contributed by atoms with van der Waals surface area (Å²) in [6.45, 7) is 2.02. The Bertz CT molecular complexity index is 441. The fourth-order valence-electron chi connectivity index (χ4n) is 2.60. The van der Waals surface area contributed by atoms with Crippen molar-refractivity contribution in [3.05, 3.63) is 29.6 Å². The third-order valence-electron chi connectivity index (χ3n) is 3.72. The maximum atomic E-state index is 12.9. The van der Waals surface area contributed by atoms with Crippen molar-refractivity contribution < 1.29 is 9.18 Å². The molecule has 1 atom stereocenters. The normalized spacial score (nSPS) is 17.7. The first kappa shape index (κ1) is 12.9. The quantitative estimate of drug-likeness (QED) is 0.810. The summed E-state index contributed by atoms with van der Waals surface area (Å²) in [6.07, 6.45) is 4.81. The van der Waals surface area contributed by atoms with Gasteiger partial charge in [0.1, 0.15) is 5.82 Å². The number of rotatable bonds is 3. The molecule has 98 valence electrons. The predicted molar refractivity (Wildman–Crippen MR) is 69.7 cm³/mol. The largest absolute Gasteiger partial charge is 0.398 e. The highest BCUT2D eigenvalue weighted by molar-refractivity contribution is 5.99. The van der Waals surface area contributed by atoms with Crippen LogP contribution in [0.25, 0.3) is 0 Å². The van der Waals surface area contributed by atoms with E-state index in [2.05, 4.69) is 5.32 Å². The predicted octanol–water partition coefficient (Wildman–Crippen LogP) is 2.72. The lowest BCUT2D eigenvalue weighted by atomic mass is 9.99. The van der Waals surface area contributed by atoms with Crippen molar-refractivity contribution in [1.29, 1.82) is 0 Å². The Kier molecular flexibility index (Phi) is 3.84. The molecule has 2 rings (SSSR count). The molecule has 1 aliphatic carbocycles. The molecular weight excluding hydrogens is 231 g/mol. The minimum Gasteiger partial charge on any atom is -0.398 e. The van der Waals surface area contributed by atoms with E-state index < -0.39 is 5.82 Å². The fourth-order valence-corrected chi connectivity index (χ4v) is 2.60. The molecule has 0 aliphatic heterocycles. The summed E-state index contributed by atoms with van der Waals surface area (Å²) in [5.41, 5.74) is 6.19. The summed E-state index contributed by atoms with van der Waals surface area (Å²) in [5.74, 6) is -0.0876. The van der Waals surface area contributed by atoms with Crippen LogP contribution >= 0.6 is 0 Å². The van der Waals surface area contributed by atoms with Gasteiger partial charge in [-0.3, -0.25) is 4.79 Å². The van der Waals surface area contributed by atoms with Gasteiger partial charge in [0, 0.05) is 11.7 Å². The first-order valence-corrected chi connectivity index (χ1v) is 6.44. The van der Waals surface area contributed by atoms with E-state index >= 15 is 0 Å². The summed E-state index contributed by atoms with van der Waals surface area (Å²) < 4.78 is 12.9. The van der Waals surface area contributed by atoms with Crippen LogP contribution in [0.1, 0.15) is 43.0 Å². The molecule has 0 aromatic heterocycles. The highest BCUT2D eigenvalue weighted by Gasteiger charge is 2.23. The van der Waals surface area contributed by atoms with Crippen LogP contribution in [0.5, 0.6) is 0 Å². The third kappa shape index (κ3) is 2.81. The maximum absolute atomic E-state index is 12.9. The second kappa shape index (κ2) is 5.38. The van der Waals surface area contributed by atoms with Crippen molar-refractivity contribution in [2.45, 2.75) is 38.6 Å². The van der Waals surface area contributed by atoms with E-state index in [1.807, 2.05) is 6.92 Å². The van der Waals surface area contributed by atoms with E-state index in [0.29, 0.717) is 11.5 Å². The average Bonchev–Trinajstić information content (AvgIpc) is 2.81. The number of halogens is 1. The minimum absolute atomic E-state index is 0.143. The second-order valence-corrected chi connectivity index (χ2v) is 5.04. The molecule has 18 heavy (non-hydrogen) atoms. The number of benzene rings is 1. The van der Waals surface area contributed by atoms with Gasteiger partial charge < -0.3 is 11.1 Å². The van der Waals surface area contributed by atoms with E-state index in [1.54, 1.807) is 0 Å². The molecule has 1 aliphatic rings. The molecule has 1 amide bonds. The van der Waals surface area contributed by atoms with Crippen LogP contribution < -0.4 is 11.1 Å². The second-order valence-electron chi connectivity index (χ2n) is 5.04. The summed E-state index contributed by atoms with van der Waals surface area (Å²) in [5, 5.41) is 2.96. The number of amides is 1. The average molecular weight is 250 g/mol. The Hall–Kier alpha value is -1.58. The van der Waals surface area contributed by atoms with Crippen LogP contribution in [0.4, 0.5) is 10.1 Å². The number of carbonyl (C=O) groups excluding carboxylic acids is 1. The van der Waals surface area contributed by atoms with Crippen molar-refractivity contribution in [2.24, 2.45) is 5.92 Å². The molecule has 1 unspecified atom stereocenters. The summed E-state index contributed by atoms with van der Waals surface area (Å²) in [4.78, 5) is 12.0. The van der Waals surface area contributed by atoms with E-state index in [0.717, 1.165) is 0 Å². The standard InChI is InChI=1S/C14H19FN2O/c1-9(10-4-2-3-5-10)17-14(18)12-7-6-11(15)8-13(12)16/h6-10H,2-5,16H2,1H3,(H,17,18). The topological polar surface area (TPSA) is 55.1 Å². The van der Waals surface area contributed by atoms with Gasteiger partial charge in [0.2, 0.25) is 0 Å². The Labute approximate surface area is 107 Å². The third-order valence-corrected chi connectivity index (χ3v) is 3.72. The highest BCUT2D eigenvalue weighted by atomic mass is 19.1. The molecule has 0 heterocycles. The molecule has 0 saturated heterocycles. The van der Waals surface area contributed by atoms with Crippen molar-refractivity contribution >= 4 is 11.6 Å². The van der Waals surface area contributed by atoms with Gasteiger partial charge in [0.25, 0.3) is 5.91 Å². The number of nitrogens with two attached hydrogens (primary N) is 1. The number of nitrogen functional groups attached to an aromatic ring is 1. The molecule has 3 nitrogen and oxygen atoms in total. The van der Waals surface area contributed by atoms with Crippen molar-refractivity contribution in [2.75, 3.05) is 5.73 Å². The van der Waals surface area contributed by atoms with Gasteiger partial charge >= 0.3 is 0 Å². The van der Waals surface area contributed by atoms with Crippen molar-refractivity contribution in [3.63, 3.8) is 0 Å². The molecule has 3 N–H and O–H groups in total. The van der Waals surface area contributed by atoms with Gasteiger partial charge in [-0.25, -0.2) is 4.39 Å². The lowest BCUT2D eigenvalue weighted by molar-refractivity contribution is 0.0928. The van der Waals surface area contributed by atoms with Gasteiger partial charge in [-0.05, 0) is 43.9 Å². The van der Waals surface area contributed by atoms with E-state index in [4.69, 9.17) is 5.73 Å². The van der Waals surface area contributed by atoms with E-state index in [1.165, 1.54) is 43.9 Å². The first-order valence-electron chi connectivity index (χ1n) is 6.44. The molecular formula is C14H19FN2O. The molecule has 0 spiro atoms. The van der Waals surface area contributed by atoms with Gasteiger partial charge in [0.05, 0.1) is 5.56 Å². The molecule has 1 fully saturated rings. The van der Waals surface area contributed by atoms with E-state index in [-0.39, 0.29) is 17.6 Å². The van der Waals surface area contributed by atoms with Gasteiger partial charge in [0.15, 0.2) is 0 Å². The molecule has 0 bridgehead atoms. The lowest BCUT2D eigenvalue weighted by Gasteiger charge is -2.20. The summed E-state index contributed by atoms with van der Waals surface area (Å²) >= 11 is 0. The Morgan fingerprint density at radius 2 is 2.11 bits per heavy atom. The number of nitrogens with one attached hydrogen (secondary N) is 1. The number of anilines is 1. The lowest BCUT2D eigenvalue weighted by Crippen LogP contribution is -2.37. The molecule has 1 aromatic rings. The zero-order valence-corrected chi connectivity index (χ0v) is 10.6. The fraction of sp³-hybridized carbons (Fsp3) is 0.500. The van der Waals surface area contributed by atoms with Crippen molar-refractivity contribution in [3.8, 4) is 0 Å². The smallest absolute Gasteiger partial charge is 0.253 e. The van der Waals surface area contributed by atoms with Crippen LogP contribution in [-0.4, -0.2) is 11.9 Å². The molecule has 0 radical (unpaired) electrons. The Balaban J connectivity index is 2.02. The maximum Gasteiger partial charge on any atom is 0.253 e. The SMILES string of the molecule is CC(NC(=O)c1ccc(F)cc1N)C1CCCC1. The van der Waals surface area contributed by atoms with Crippen LogP contribution in [0.2, 0.25) is 0 Å². The van der Waals surface area contributed by atoms with Gasteiger partial charge in [-0.1, -0.05) is 12.8 Å². The summed E-state index contributed by atoms with van der Waals surface area (Å²) in [6, 6.07) is 4.01.